The van der Waals surface area contributed by atoms with Gasteiger partial charge in [-0.05, 0) is 38.0 Å². The van der Waals surface area contributed by atoms with Gasteiger partial charge in [0.25, 0.3) is 0 Å². The number of hydrogen-bond acceptors (Lipinski definition) is 0. The van der Waals surface area contributed by atoms with Crippen LogP contribution in [0.3, 0.4) is 0 Å². The summed E-state index contributed by atoms with van der Waals surface area (Å²) < 4.78 is 0. The predicted octanol–water partition coefficient (Wildman–Crippen LogP) is 4.15. The minimum atomic E-state index is 0.830. The Bertz CT molecular complexity index is 307. The number of allylic oxidation sites excluding steroid dienone is 2. The molecule has 1 heteroatoms. The van der Waals surface area contributed by atoms with Crippen molar-refractivity contribution in [3.05, 3.63) is 40.4 Å². The largest absolute Gasteiger partial charge is 0.0837 e. The van der Waals surface area contributed by atoms with Gasteiger partial charge in [0.15, 0.2) is 0 Å². The number of benzene rings is 1. The maximum absolute atomic E-state index is 6.03. The summed E-state index contributed by atoms with van der Waals surface area (Å²) in [6, 6.07) is 7.92. The van der Waals surface area contributed by atoms with Gasteiger partial charge in [-0.1, -0.05) is 35.4 Å². The van der Waals surface area contributed by atoms with Crippen LogP contribution in [0.15, 0.2) is 29.8 Å². The fourth-order valence-electron chi connectivity index (χ4n) is 1.03. The molecule has 0 aliphatic carbocycles. The molecule has 64 valence electrons. The highest BCUT2D eigenvalue weighted by atomic mass is 35.5. The molecule has 0 aliphatic heterocycles. The van der Waals surface area contributed by atoms with E-state index in [0.29, 0.717) is 0 Å². The first-order valence-electron chi connectivity index (χ1n) is 4.02. The molecular formula is C11H13Cl. The topological polar surface area (TPSA) is 0 Å². The Morgan fingerprint density at radius 2 is 1.67 bits per heavy atom. The first kappa shape index (κ1) is 9.34. The monoisotopic (exact) mass is 180 g/mol. The van der Waals surface area contributed by atoms with Crippen LogP contribution in [-0.2, 0) is 0 Å². The van der Waals surface area contributed by atoms with Gasteiger partial charge in [-0.15, -0.1) is 0 Å². The zero-order valence-electron chi connectivity index (χ0n) is 7.69. The molecule has 0 aliphatic rings. The molecule has 0 saturated carbocycles. The standard InChI is InChI=1S/C11H13Cl/c1-8(2)9(3)10-6-4-5-7-11(10)12/h4-7H,1-3H3. The fraction of sp³-hybridized carbons (Fsp3) is 0.273. The summed E-state index contributed by atoms with van der Waals surface area (Å²) in [4.78, 5) is 0. The first-order valence-corrected chi connectivity index (χ1v) is 4.39. The maximum Gasteiger partial charge on any atom is 0.0481 e. The lowest BCUT2D eigenvalue weighted by Crippen LogP contribution is -1.82. The van der Waals surface area contributed by atoms with Gasteiger partial charge in [0.1, 0.15) is 0 Å². The van der Waals surface area contributed by atoms with E-state index in [1.165, 1.54) is 11.1 Å². The zero-order chi connectivity index (χ0) is 9.14. The van der Waals surface area contributed by atoms with Crippen molar-refractivity contribution in [1.29, 1.82) is 0 Å². The van der Waals surface area contributed by atoms with Crippen LogP contribution in [0.2, 0.25) is 5.02 Å². The van der Waals surface area contributed by atoms with Crippen LogP contribution >= 0.6 is 11.6 Å². The van der Waals surface area contributed by atoms with E-state index in [9.17, 15) is 0 Å². The van der Waals surface area contributed by atoms with Crippen molar-refractivity contribution in [3.63, 3.8) is 0 Å². The van der Waals surface area contributed by atoms with Gasteiger partial charge >= 0.3 is 0 Å². The Morgan fingerprint density at radius 1 is 1.08 bits per heavy atom. The molecule has 1 aromatic rings. The Kier molecular flexibility index (Phi) is 2.93. The van der Waals surface area contributed by atoms with Gasteiger partial charge < -0.3 is 0 Å². The van der Waals surface area contributed by atoms with Crippen molar-refractivity contribution in [2.24, 2.45) is 0 Å². The van der Waals surface area contributed by atoms with Crippen molar-refractivity contribution in [2.45, 2.75) is 20.8 Å². The summed E-state index contributed by atoms with van der Waals surface area (Å²) in [5.41, 5.74) is 3.71. The van der Waals surface area contributed by atoms with E-state index in [0.717, 1.165) is 10.6 Å². The Labute approximate surface area is 78.9 Å². The third-order valence-electron chi connectivity index (χ3n) is 2.03. The molecular weight excluding hydrogens is 168 g/mol. The second kappa shape index (κ2) is 3.77. The summed E-state index contributed by atoms with van der Waals surface area (Å²) in [6.45, 7) is 6.29. The van der Waals surface area contributed by atoms with E-state index in [1.807, 2.05) is 24.3 Å². The zero-order valence-corrected chi connectivity index (χ0v) is 8.44. The number of hydrogen-bond donors (Lipinski definition) is 0. The quantitative estimate of drug-likeness (QED) is 0.609. The van der Waals surface area contributed by atoms with E-state index in [2.05, 4.69) is 20.8 Å². The lowest BCUT2D eigenvalue weighted by molar-refractivity contribution is 1.36. The van der Waals surface area contributed by atoms with E-state index >= 15 is 0 Å². The van der Waals surface area contributed by atoms with Crippen LogP contribution in [0.4, 0.5) is 0 Å². The van der Waals surface area contributed by atoms with Gasteiger partial charge in [-0.3, -0.25) is 0 Å². The second-order valence-electron chi connectivity index (χ2n) is 3.10. The van der Waals surface area contributed by atoms with E-state index in [1.54, 1.807) is 0 Å². The van der Waals surface area contributed by atoms with Gasteiger partial charge in [-0.25, -0.2) is 0 Å². The molecule has 0 saturated heterocycles. The summed E-state index contributed by atoms with van der Waals surface area (Å²) in [5.74, 6) is 0. The number of halogens is 1. The summed E-state index contributed by atoms with van der Waals surface area (Å²) >= 11 is 6.03. The van der Waals surface area contributed by atoms with E-state index < -0.39 is 0 Å². The SMILES string of the molecule is CC(C)=C(C)c1ccccc1Cl. The van der Waals surface area contributed by atoms with Crippen LogP contribution in [0, 0.1) is 0 Å². The van der Waals surface area contributed by atoms with E-state index in [-0.39, 0.29) is 0 Å². The molecule has 0 unspecified atom stereocenters. The molecule has 0 amide bonds. The molecule has 0 bridgehead atoms. The van der Waals surface area contributed by atoms with Crippen LogP contribution < -0.4 is 0 Å². The minimum absolute atomic E-state index is 0.830. The van der Waals surface area contributed by atoms with Crippen molar-refractivity contribution in [1.82, 2.24) is 0 Å². The van der Waals surface area contributed by atoms with Crippen LogP contribution in [0.5, 0.6) is 0 Å². The summed E-state index contributed by atoms with van der Waals surface area (Å²) in [6.07, 6.45) is 0. The number of rotatable bonds is 1. The molecule has 1 rings (SSSR count). The van der Waals surface area contributed by atoms with Crippen LogP contribution in [0.1, 0.15) is 26.3 Å². The molecule has 1 aromatic carbocycles. The molecule has 0 N–H and O–H groups in total. The smallest absolute Gasteiger partial charge is 0.0481 e. The summed E-state index contributed by atoms with van der Waals surface area (Å²) in [5, 5.41) is 0.830. The third kappa shape index (κ3) is 1.89. The molecule has 0 fully saturated rings. The molecule has 0 radical (unpaired) electrons. The van der Waals surface area contributed by atoms with Crippen LogP contribution in [0.25, 0.3) is 5.57 Å². The van der Waals surface area contributed by atoms with Gasteiger partial charge in [0.05, 0.1) is 0 Å². The Hall–Kier alpha value is -0.750. The average molecular weight is 181 g/mol. The Morgan fingerprint density at radius 3 is 2.17 bits per heavy atom. The average Bonchev–Trinajstić information content (AvgIpc) is 2.04. The highest BCUT2D eigenvalue weighted by Crippen LogP contribution is 2.25. The fourth-order valence-corrected chi connectivity index (χ4v) is 1.31. The first-order chi connectivity index (χ1) is 5.63. The predicted molar refractivity (Wildman–Crippen MR) is 55.4 cm³/mol. The molecule has 0 nitrogen and oxygen atoms in total. The molecule has 0 spiro atoms. The Balaban J connectivity index is 3.21. The van der Waals surface area contributed by atoms with Gasteiger partial charge in [0, 0.05) is 5.02 Å². The highest BCUT2D eigenvalue weighted by Gasteiger charge is 2.01. The third-order valence-corrected chi connectivity index (χ3v) is 2.36. The highest BCUT2D eigenvalue weighted by molar-refractivity contribution is 6.32. The molecule has 0 aromatic heterocycles. The molecule has 12 heavy (non-hydrogen) atoms. The molecule has 0 heterocycles. The van der Waals surface area contributed by atoms with Gasteiger partial charge in [-0.2, -0.15) is 0 Å². The second-order valence-corrected chi connectivity index (χ2v) is 3.51. The van der Waals surface area contributed by atoms with Crippen molar-refractivity contribution in [3.8, 4) is 0 Å². The van der Waals surface area contributed by atoms with Crippen molar-refractivity contribution >= 4 is 17.2 Å². The van der Waals surface area contributed by atoms with Crippen molar-refractivity contribution in [2.75, 3.05) is 0 Å². The lowest BCUT2D eigenvalue weighted by atomic mass is 10.0. The normalized spacial score (nSPS) is 9.67. The van der Waals surface area contributed by atoms with E-state index in [4.69, 9.17) is 11.6 Å². The van der Waals surface area contributed by atoms with Crippen LogP contribution in [-0.4, -0.2) is 0 Å². The minimum Gasteiger partial charge on any atom is -0.0837 e. The lowest BCUT2D eigenvalue weighted by Gasteiger charge is -2.05. The maximum atomic E-state index is 6.03. The van der Waals surface area contributed by atoms with Gasteiger partial charge in [0.2, 0.25) is 0 Å². The molecule has 0 atom stereocenters. The summed E-state index contributed by atoms with van der Waals surface area (Å²) in [7, 11) is 0. The van der Waals surface area contributed by atoms with Crippen molar-refractivity contribution < 1.29 is 0 Å².